The lowest BCUT2D eigenvalue weighted by Crippen LogP contribution is -2.36. The third kappa shape index (κ3) is 5.10. The van der Waals surface area contributed by atoms with E-state index in [1.54, 1.807) is 36.5 Å². The number of fused-ring (bicyclic) bond motifs is 1. The maximum absolute atomic E-state index is 13.0. The van der Waals surface area contributed by atoms with E-state index in [1.807, 2.05) is 18.2 Å². The predicted octanol–water partition coefficient (Wildman–Crippen LogP) is 4.50. The first-order valence-electron chi connectivity index (χ1n) is 10.5. The number of halogens is 1. The number of nitrogens with one attached hydrogen (secondary N) is 1. The molecule has 0 spiro atoms. The van der Waals surface area contributed by atoms with Gasteiger partial charge in [-0.3, -0.25) is 14.2 Å². The topological polar surface area (TPSA) is 54.3 Å². The van der Waals surface area contributed by atoms with Crippen LogP contribution in [0.2, 0.25) is 5.02 Å². The molecule has 0 atom stereocenters. The van der Waals surface area contributed by atoms with Crippen LogP contribution in [0.25, 0.3) is 16.5 Å². The van der Waals surface area contributed by atoms with Gasteiger partial charge in [0.1, 0.15) is 0 Å². The molecule has 30 heavy (non-hydrogen) atoms. The van der Waals surface area contributed by atoms with Crippen molar-refractivity contribution >= 4 is 28.3 Å². The van der Waals surface area contributed by atoms with E-state index >= 15 is 0 Å². The van der Waals surface area contributed by atoms with Gasteiger partial charge in [0.25, 0.3) is 11.5 Å². The van der Waals surface area contributed by atoms with Gasteiger partial charge >= 0.3 is 0 Å². The van der Waals surface area contributed by atoms with Gasteiger partial charge in [0.2, 0.25) is 0 Å². The van der Waals surface area contributed by atoms with Gasteiger partial charge in [0.05, 0.1) is 5.56 Å². The highest BCUT2D eigenvalue weighted by Crippen LogP contribution is 2.19. The molecule has 1 amide bonds. The van der Waals surface area contributed by atoms with E-state index in [2.05, 4.69) is 24.1 Å². The van der Waals surface area contributed by atoms with Crippen molar-refractivity contribution in [1.29, 1.82) is 0 Å². The molecular formula is C24H28ClN3O2. The minimum absolute atomic E-state index is 0.165. The van der Waals surface area contributed by atoms with Crippen LogP contribution in [-0.4, -0.2) is 41.6 Å². The largest absolute Gasteiger partial charge is 0.351 e. The average molecular weight is 426 g/mol. The smallest absolute Gasteiger partial charge is 0.262 e. The number of amides is 1. The summed E-state index contributed by atoms with van der Waals surface area (Å²) in [5, 5.41) is 4.79. The molecule has 1 heterocycles. The van der Waals surface area contributed by atoms with Gasteiger partial charge < -0.3 is 10.2 Å². The Morgan fingerprint density at radius 2 is 1.60 bits per heavy atom. The number of carbonyl (C=O) groups excluding carboxylic acids is 1. The quantitative estimate of drug-likeness (QED) is 0.549. The maximum atomic E-state index is 13.0. The van der Waals surface area contributed by atoms with Crippen LogP contribution in [-0.2, 0) is 0 Å². The zero-order chi connectivity index (χ0) is 21.5. The molecule has 0 aliphatic carbocycles. The molecule has 0 aliphatic rings. The normalized spacial score (nSPS) is 11.2. The fraction of sp³-hybridized carbons (Fsp3) is 0.333. The van der Waals surface area contributed by atoms with Crippen LogP contribution in [0, 0.1) is 0 Å². The van der Waals surface area contributed by atoms with Crippen LogP contribution in [0.3, 0.4) is 0 Å². The molecule has 1 aromatic heterocycles. The zero-order valence-corrected chi connectivity index (χ0v) is 18.3. The molecule has 3 aromatic rings. The molecule has 3 rings (SSSR count). The fourth-order valence-electron chi connectivity index (χ4n) is 3.66. The van der Waals surface area contributed by atoms with Gasteiger partial charge in [-0.25, -0.2) is 0 Å². The molecule has 2 aromatic carbocycles. The van der Waals surface area contributed by atoms with E-state index in [1.165, 1.54) is 4.57 Å². The Kier molecular flexibility index (Phi) is 7.66. The lowest BCUT2D eigenvalue weighted by Gasteiger charge is -2.21. The fourth-order valence-corrected chi connectivity index (χ4v) is 3.78. The van der Waals surface area contributed by atoms with Crippen LogP contribution in [0.15, 0.2) is 59.5 Å². The molecule has 0 unspecified atom stereocenters. The number of pyridine rings is 1. The highest BCUT2D eigenvalue weighted by atomic mass is 35.5. The van der Waals surface area contributed by atoms with E-state index in [4.69, 9.17) is 11.6 Å². The van der Waals surface area contributed by atoms with E-state index < -0.39 is 0 Å². The highest BCUT2D eigenvalue weighted by Gasteiger charge is 2.15. The standard InChI is InChI=1S/C24H28ClN3O2/c1-3-14-27(15-4-2)16-13-26-23(29)22-17-28(19-11-9-18(25)10-12-19)24(30)21-8-6-5-7-20(21)22/h5-12,17H,3-4,13-16H2,1-2H3,(H,26,29). The van der Waals surface area contributed by atoms with Crippen molar-refractivity contribution < 1.29 is 4.79 Å². The number of benzene rings is 2. The van der Waals surface area contributed by atoms with Crippen molar-refractivity contribution in [2.75, 3.05) is 26.2 Å². The zero-order valence-electron chi connectivity index (χ0n) is 17.5. The monoisotopic (exact) mass is 425 g/mol. The first kappa shape index (κ1) is 22.1. The van der Waals surface area contributed by atoms with Gasteiger partial charge in [-0.2, -0.15) is 0 Å². The molecule has 0 aliphatic heterocycles. The molecule has 0 saturated heterocycles. The van der Waals surface area contributed by atoms with Gasteiger partial charge in [0.15, 0.2) is 0 Å². The summed E-state index contributed by atoms with van der Waals surface area (Å²) in [5.41, 5.74) is 0.987. The van der Waals surface area contributed by atoms with Crippen molar-refractivity contribution in [2.24, 2.45) is 0 Å². The van der Waals surface area contributed by atoms with E-state index in [0.29, 0.717) is 33.6 Å². The summed E-state index contributed by atoms with van der Waals surface area (Å²) in [6.45, 7) is 7.73. The second kappa shape index (κ2) is 10.4. The Morgan fingerprint density at radius 3 is 2.23 bits per heavy atom. The number of aromatic nitrogens is 1. The second-order valence-corrected chi connectivity index (χ2v) is 7.77. The lowest BCUT2D eigenvalue weighted by atomic mass is 10.1. The number of hydrogen-bond donors (Lipinski definition) is 1. The number of nitrogens with zero attached hydrogens (tertiary/aromatic N) is 2. The second-order valence-electron chi connectivity index (χ2n) is 7.34. The Balaban J connectivity index is 1.91. The van der Waals surface area contributed by atoms with Crippen LogP contribution in [0.1, 0.15) is 37.0 Å². The number of carbonyl (C=O) groups is 1. The van der Waals surface area contributed by atoms with Crippen molar-refractivity contribution in [2.45, 2.75) is 26.7 Å². The summed E-state index contributed by atoms with van der Waals surface area (Å²) < 4.78 is 1.51. The highest BCUT2D eigenvalue weighted by molar-refractivity contribution is 6.30. The molecule has 6 heteroatoms. The van der Waals surface area contributed by atoms with Gasteiger partial charge in [-0.05, 0) is 56.3 Å². The summed E-state index contributed by atoms with van der Waals surface area (Å²) in [5.74, 6) is -0.179. The summed E-state index contributed by atoms with van der Waals surface area (Å²) in [6, 6.07) is 14.2. The number of hydrogen-bond acceptors (Lipinski definition) is 3. The van der Waals surface area contributed by atoms with Gasteiger partial charge in [-0.15, -0.1) is 0 Å². The van der Waals surface area contributed by atoms with E-state index in [0.717, 1.165) is 32.5 Å². The summed E-state index contributed by atoms with van der Waals surface area (Å²) in [4.78, 5) is 28.4. The Hall–Kier alpha value is -2.63. The van der Waals surface area contributed by atoms with Crippen molar-refractivity contribution in [1.82, 2.24) is 14.8 Å². The SMILES string of the molecule is CCCN(CCC)CCNC(=O)c1cn(-c2ccc(Cl)cc2)c(=O)c2ccccc12. The summed E-state index contributed by atoms with van der Waals surface area (Å²) in [7, 11) is 0. The molecule has 5 nitrogen and oxygen atoms in total. The van der Waals surface area contributed by atoms with Crippen LogP contribution in [0.4, 0.5) is 0 Å². The Bertz CT molecular complexity index is 1050. The molecule has 1 N–H and O–H groups in total. The first-order chi connectivity index (χ1) is 14.5. The average Bonchev–Trinajstić information content (AvgIpc) is 2.75. The molecule has 0 fully saturated rings. The first-order valence-corrected chi connectivity index (χ1v) is 10.8. The Labute approximate surface area is 182 Å². The van der Waals surface area contributed by atoms with Crippen LogP contribution in [0.5, 0.6) is 0 Å². The van der Waals surface area contributed by atoms with Crippen molar-refractivity contribution in [3.8, 4) is 5.69 Å². The maximum Gasteiger partial charge on any atom is 0.262 e. The number of rotatable bonds is 9. The van der Waals surface area contributed by atoms with Crippen molar-refractivity contribution in [3.63, 3.8) is 0 Å². The molecule has 0 bridgehead atoms. The predicted molar refractivity (Wildman–Crippen MR) is 124 cm³/mol. The van der Waals surface area contributed by atoms with Gasteiger partial charge in [0, 0.05) is 40.8 Å². The molecule has 0 radical (unpaired) electrons. The molecule has 158 valence electrons. The minimum atomic E-state index is -0.179. The van der Waals surface area contributed by atoms with E-state index in [-0.39, 0.29) is 11.5 Å². The third-order valence-corrected chi connectivity index (χ3v) is 5.32. The summed E-state index contributed by atoms with van der Waals surface area (Å²) in [6.07, 6.45) is 3.80. The van der Waals surface area contributed by atoms with Crippen LogP contribution < -0.4 is 10.9 Å². The van der Waals surface area contributed by atoms with Crippen LogP contribution >= 0.6 is 11.6 Å². The Morgan fingerprint density at radius 1 is 0.967 bits per heavy atom. The van der Waals surface area contributed by atoms with Crippen molar-refractivity contribution in [3.05, 3.63) is 75.7 Å². The summed E-state index contributed by atoms with van der Waals surface area (Å²) >= 11 is 5.99. The van der Waals surface area contributed by atoms with E-state index in [9.17, 15) is 9.59 Å². The van der Waals surface area contributed by atoms with Gasteiger partial charge in [-0.1, -0.05) is 43.6 Å². The molecular weight excluding hydrogens is 398 g/mol. The third-order valence-electron chi connectivity index (χ3n) is 5.07. The molecule has 0 saturated carbocycles. The minimum Gasteiger partial charge on any atom is -0.351 e. The lowest BCUT2D eigenvalue weighted by molar-refractivity contribution is 0.0949.